The van der Waals surface area contributed by atoms with Gasteiger partial charge in [-0.25, -0.2) is 0 Å². The van der Waals surface area contributed by atoms with Crippen LogP contribution in [-0.4, -0.2) is 17.4 Å². The van der Waals surface area contributed by atoms with Crippen LogP contribution in [0, 0.1) is 0 Å². The molecule has 0 N–H and O–H groups in total. The third-order valence-corrected chi connectivity index (χ3v) is 1.97. The van der Waals surface area contributed by atoms with Crippen molar-refractivity contribution in [2.24, 2.45) is 0 Å². The van der Waals surface area contributed by atoms with Crippen LogP contribution in [0.1, 0.15) is 6.42 Å². The van der Waals surface area contributed by atoms with Crippen LogP contribution in [0.2, 0.25) is 0 Å². The van der Waals surface area contributed by atoms with Crippen LogP contribution in [0.5, 0.6) is 0 Å². The van der Waals surface area contributed by atoms with E-state index in [2.05, 4.69) is 6.58 Å². The zero-order valence-electron chi connectivity index (χ0n) is 4.90. The van der Waals surface area contributed by atoms with Gasteiger partial charge in [0.2, 0.25) is 0 Å². The Labute approximate surface area is 60.3 Å². The number of rotatable bonds is 5. The summed E-state index contributed by atoms with van der Waals surface area (Å²) in [6.45, 7) is 3.60. The van der Waals surface area contributed by atoms with E-state index in [0.29, 0.717) is 0 Å². The highest BCUT2D eigenvalue weighted by Gasteiger charge is 1.82. The average Bonchev–Trinajstić information content (AvgIpc) is 1.81. The van der Waals surface area contributed by atoms with Gasteiger partial charge in [-0.15, -0.1) is 18.2 Å². The fourth-order valence-corrected chi connectivity index (χ4v) is 1.30. The predicted octanol–water partition coefficient (Wildman–Crippen LogP) is 2.53. The first-order valence-electron chi connectivity index (χ1n) is 2.66. The van der Waals surface area contributed by atoms with E-state index in [1.165, 1.54) is 0 Å². The van der Waals surface area contributed by atoms with Crippen molar-refractivity contribution in [2.45, 2.75) is 6.42 Å². The monoisotopic (exact) mass is 150 g/mol. The molecule has 0 aromatic carbocycles. The van der Waals surface area contributed by atoms with E-state index in [1.54, 1.807) is 0 Å². The summed E-state index contributed by atoms with van der Waals surface area (Å²) in [6.07, 6.45) is 3.03. The van der Waals surface area contributed by atoms with Gasteiger partial charge in [0.25, 0.3) is 0 Å². The third kappa shape index (κ3) is 6.38. The van der Waals surface area contributed by atoms with Gasteiger partial charge in [-0.2, -0.15) is 11.8 Å². The Balaban J connectivity index is 2.62. The van der Waals surface area contributed by atoms with Crippen molar-refractivity contribution >= 4 is 23.4 Å². The zero-order valence-corrected chi connectivity index (χ0v) is 6.47. The van der Waals surface area contributed by atoms with Gasteiger partial charge in [0.1, 0.15) is 0 Å². The fourth-order valence-electron chi connectivity index (χ4n) is 0.323. The van der Waals surface area contributed by atoms with Crippen LogP contribution in [0.3, 0.4) is 0 Å². The maximum absolute atomic E-state index is 5.44. The highest BCUT2D eigenvalue weighted by atomic mass is 35.5. The highest BCUT2D eigenvalue weighted by molar-refractivity contribution is 7.99. The Morgan fingerprint density at radius 2 is 2.38 bits per heavy atom. The Morgan fingerprint density at radius 1 is 1.62 bits per heavy atom. The Bertz CT molecular complexity index is 54.5. The zero-order chi connectivity index (χ0) is 6.24. The molecule has 0 aliphatic carbocycles. The summed E-state index contributed by atoms with van der Waals surface area (Å²) >= 11 is 7.32. The van der Waals surface area contributed by atoms with Gasteiger partial charge in [-0.05, 0) is 12.2 Å². The molecule has 0 rings (SSSR count). The summed E-state index contributed by atoms with van der Waals surface area (Å²) in [5.74, 6) is 3.00. The summed E-state index contributed by atoms with van der Waals surface area (Å²) in [5, 5.41) is 0. The molecule has 0 bridgehead atoms. The van der Waals surface area contributed by atoms with Gasteiger partial charge in [-0.3, -0.25) is 0 Å². The Kier molecular flexibility index (Phi) is 7.73. The standard InChI is InChI=1S/C6H11ClS/c1-2-5-8-6-3-4-7/h2H,1,3-6H2. The van der Waals surface area contributed by atoms with E-state index >= 15 is 0 Å². The third-order valence-electron chi connectivity index (χ3n) is 0.658. The van der Waals surface area contributed by atoms with Crippen LogP contribution in [0.4, 0.5) is 0 Å². The van der Waals surface area contributed by atoms with Crippen molar-refractivity contribution in [3.8, 4) is 0 Å². The number of thioether (sulfide) groups is 1. The van der Waals surface area contributed by atoms with Gasteiger partial charge >= 0.3 is 0 Å². The molecule has 0 unspecified atom stereocenters. The lowest BCUT2D eigenvalue weighted by Gasteiger charge is -1.91. The molecule has 0 nitrogen and oxygen atoms in total. The molecule has 0 aliphatic rings. The summed E-state index contributed by atoms with van der Waals surface area (Å²) < 4.78 is 0. The molecule has 0 fully saturated rings. The molecule has 0 heterocycles. The van der Waals surface area contributed by atoms with E-state index in [0.717, 1.165) is 23.8 Å². The molecule has 0 saturated heterocycles. The lowest BCUT2D eigenvalue weighted by atomic mass is 10.6. The van der Waals surface area contributed by atoms with Gasteiger partial charge in [0, 0.05) is 11.6 Å². The molecule has 0 radical (unpaired) electrons. The van der Waals surface area contributed by atoms with Crippen molar-refractivity contribution in [3.05, 3.63) is 12.7 Å². The van der Waals surface area contributed by atoms with Crippen LogP contribution < -0.4 is 0 Å². The SMILES string of the molecule is C=CCSCCCCl. The largest absolute Gasteiger partial charge is 0.158 e. The minimum atomic E-state index is 0.782. The first-order valence-corrected chi connectivity index (χ1v) is 4.35. The predicted molar refractivity (Wildman–Crippen MR) is 42.9 cm³/mol. The van der Waals surface area contributed by atoms with E-state index < -0.39 is 0 Å². The molecular weight excluding hydrogens is 140 g/mol. The van der Waals surface area contributed by atoms with Crippen molar-refractivity contribution in [1.29, 1.82) is 0 Å². The van der Waals surface area contributed by atoms with Gasteiger partial charge in [-0.1, -0.05) is 6.08 Å². The minimum absolute atomic E-state index is 0.782. The number of hydrogen-bond acceptors (Lipinski definition) is 1. The van der Waals surface area contributed by atoms with Gasteiger partial charge in [0.15, 0.2) is 0 Å². The van der Waals surface area contributed by atoms with Crippen molar-refractivity contribution < 1.29 is 0 Å². The number of hydrogen-bond donors (Lipinski definition) is 0. The molecular formula is C6H11ClS. The molecule has 8 heavy (non-hydrogen) atoms. The van der Waals surface area contributed by atoms with Crippen LogP contribution >= 0.6 is 23.4 Å². The topological polar surface area (TPSA) is 0 Å². The summed E-state index contributed by atoms with van der Waals surface area (Å²) in [7, 11) is 0. The summed E-state index contributed by atoms with van der Waals surface area (Å²) in [4.78, 5) is 0. The van der Waals surface area contributed by atoms with E-state index in [-0.39, 0.29) is 0 Å². The summed E-state index contributed by atoms with van der Waals surface area (Å²) in [5.41, 5.74) is 0. The smallest absolute Gasteiger partial charge is 0.0231 e. The minimum Gasteiger partial charge on any atom is -0.158 e. The molecule has 0 amide bonds. The van der Waals surface area contributed by atoms with Crippen molar-refractivity contribution in [3.63, 3.8) is 0 Å². The molecule has 0 aromatic heterocycles. The van der Waals surface area contributed by atoms with E-state index in [4.69, 9.17) is 11.6 Å². The number of alkyl halides is 1. The van der Waals surface area contributed by atoms with E-state index in [9.17, 15) is 0 Å². The van der Waals surface area contributed by atoms with Crippen molar-refractivity contribution in [1.82, 2.24) is 0 Å². The first-order chi connectivity index (χ1) is 3.91. The molecule has 0 saturated carbocycles. The second-order valence-electron chi connectivity index (χ2n) is 1.41. The van der Waals surface area contributed by atoms with Gasteiger partial charge in [0.05, 0.1) is 0 Å². The lowest BCUT2D eigenvalue weighted by molar-refractivity contribution is 1.12. The number of halogens is 1. The molecule has 2 heteroatoms. The van der Waals surface area contributed by atoms with Gasteiger partial charge < -0.3 is 0 Å². The van der Waals surface area contributed by atoms with Crippen molar-refractivity contribution in [2.75, 3.05) is 17.4 Å². The normalized spacial score (nSPS) is 9.12. The summed E-state index contributed by atoms with van der Waals surface area (Å²) in [6, 6.07) is 0. The van der Waals surface area contributed by atoms with Crippen LogP contribution in [0.25, 0.3) is 0 Å². The first kappa shape index (κ1) is 8.38. The maximum atomic E-state index is 5.44. The lowest BCUT2D eigenvalue weighted by Crippen LogP contribution is -1.80. The second kappa shape index (κ2) is 7.38. The van der Waals surface area contributed by atoms with Crippen LogP contribution in [0.15, 0.2) is 12.7 Å². The highest BCUT2D eigenvalue weighted by Crippen LogP contribution is 2.01. The molecule has 0 aromatic rings. The second-order valence-corrected chi connectivity index (χ2v) is 2.93. The van der Waals surface area contributed by atoms with E-state index in [1.807, 2.05) is 17.8 Å². The molecule has 0 spiro atoms. The molecule has 0 atom stereocenters. The van der Waals surface area contributed by atoms with Crippen LogP contribution in [-0.2, 0) is 0 Å². The molecule has 0 aliphatic heterocycles. The fraction of sp³-hybridized carbons (Fsp3) is 0.667. The maximum Gasteiger partial charge on any atom is 0.0231 e. The molecule has 48 valence electrons. The Hall–Kier alpha value is 0.380. The quantitative estimate of drug-likeness (QED) is 0.330. The Morgan fingerprint density at radius 3 is 2.88 bits per heavy atom. The average molecular weight is 151 g/mol.